The van der Waals surface area contributed by atoms with Crippen molar-refractivity contribution in [1.82, 2.24) is 20.4 Å². The Morgan fingerprint density at radius 1 is 0.929 bits per heavy atom. The molecule has 1 aromatic rings. The third-order valence-electron chi connectivity index (χ3n) is 2.17. The Balaban J connectivity index is 2.56. The van der Waals surface area contributed by atoms with Crippen molar-refractivity contribution in [3.63, 3.8) is 0 Å². The Labute approximate surface area is 80.0 Å². The van der Waals surface area contributed by atoms with Gasteiger partial charge >= 0.3 is 0 Å². The minimum absolute atomic E-state index is 0.728. The molecule has 0 unspecified atom stereocenters. The van der Waals surface area contributed by atoms with Crippen molar-refractivity contribution in [2.75, 3.05) is 0 Å². The van der Waals surface area contributed by atoms with E-state index in [1.54, 1.807) is 12.4 Å². The van der Waals surface area contributed by atoms with Gasteiger partial charge in [-0.3, -0.25) is 4.98 Å². The summed E-state index contributed by atoms with van der Waals surface area (Å²) in [5.74, 6) is 0. The summed E-state index contributed by atoms with van der Waals surface area (Å²) < 4.78 is 0. The first-order chi connectivity index (χ1) is 6.95. The van der Waals surface area contributed by atoms with Gasteiger partial charge in [0.15, 0.2) is 0 Å². The van der Waals surface area contributed by atoms with Gasteiger partial charge in [0.2, 0.25) is 0 Å². The number of nitrogens with zero attached hydrogens (tertiary/aromatic N) is 4. The third-order valence-corrected chi connectivity index (χ3v) is 2.17. The number of fused-ring (bicyclic) bond motifs is 3. The molecular weight excluding hydrogens is 176 g/mol. The van der Waals surface area contributed by atoms with Gasteiger partial charge in [-0.2, -0.15) is 0 Å². The topological polar surface area (TPSA) is 51.6 Å². The molecule has 0 aliphatic carbocycles. The zero-order chi connectivity index (χ0) is 9.38. The minimum Gasteiger partial charge on any atom is -0.262 e. The van der Waals surface area contributed by atoms with Gasteiger partial charge in [-0.1, -0.05) is 24.3 Å². The van der Waals surface area contributed by atoms with Crippen LogP contribution < -0.4 is 0 Å². The fraction of sp³-hybridized carbons (Fsp3) is 0. The van der Waals surface area contributed by atoms with E-state index in [4.69, 9.17) is 0 Å². The fourth-order valence-corrected chi connectivity index (χ4v) is 1.51. The molecule has 66 valence electrons. The molecule has 0 saturated heterocycles. The molecule has 2 heterocycles. The van der Waals surface area contributed by atoms with Gasteiger partial charge in [-0.15, -0.1) is 10.2 Å². The largest absolute Gasteiger partial charge is 0.262 e. The van der Waals surface area contributed by atoms with Gasteiger partial charge in [0.25, 0.3) is 0 Å². The van der Waals surface area contributed by atoms with Gasteiger partial charge in [0.1, 0.15) is 11.4 Å². The molecule has 0 atom stereocenters. The van der Waals surface area contributed by atoms with Gasteiger partial charge in [0.05, 0.1) is 6.20 Å². The first-order valence-corrected chi connectivity index (χ1v) is 4.27. The van der Waals surface area contributed by atoms with Crippen molar-refractivity contribution in [3.05, 3.63) is 36.7 Å². The van der Waals surface area contributed by atoms with E-state index < -0.39 is 0 Å². The minimum atomic E-state index is 0.728. The van der Waals surface area contributed by atoms with Crippen molar-refractivity contribution in [3.8, 4) is 11.4 Å². The first kappa shape index (κ1) is 7.32. The molecule has 0 radical (unpaired) electrons. The second-order valence-corrected chi connectivity index (χ2v) is 3.02. The molecule has 0 bridgehead atoms. The van der Waals surface area contributed by atoms with Crippen molar-refractivity contribution < 1.29 is 0 Å². The van der Waals surface area contributed by atoms with E-state index in [0.29, 0.717) is 0 Å². The van der Waals surface area contributed by atoms with Crippen LogP contribution in [0.1, 0.15) is 0 Å². The fourth-order valence-electron chi connectivity index (χ4n) is 1.51. The predicted molar refractivity (Wildman–Crippen MR) is 51.8 cm³/mol. The molecule has 1 aromatic carbocycles. The van der Waals surface area contributed by atoms with Crippen LogP contribution in [0.3, 0.4) is 0 Å². The first-order valence-electron chi connectivity index (χ1n) is 4.27. The third kappa shape index (κ3) is 0.939. The van der Waals surface area contributed by atoms with E-state index >= 15 is 0 Å². The van der Waals surface area contributed by atoms with Crippen molar-refractivity contribution in [2.45, 2.75) is 0 Å². The van der Waals surface area contributed by atoms with Crippen LogP contribution in [0.15, 0.2) is 36.7 Å². The van der Waals surface area contributed by atoms with Crippen LogP contribution in [-0.2, 0) is 0 Å². The molecule has 0 aromatic heterocycles. The lowest BCUT2D eigenvalue weighted by atomic mass is 10.1. The van der Waals surface area contributed by atoms with Crippen LogP contribution in [0.5, 0.6) is 0 Å². The summed E-state index contributed by atoms with van der Waals surface area (Å²) in [6.45, 7) is 0. The molecular formula is C10H6N4. The van der Waals surface area contributed by atoms with Crippen LogP contribution >= 0.6 is 0 Å². The maximum Gasteiger partial charge on any atom is 0.134 e. The van der Waals surface area contributed by atoms with E-state index in [2.05, 4.69) is 20.4 Å². The summed E-state index contributed by atoms with van der Waals surface area (Å²) in [5.41, 5.74) is 1.53. The molecule has 14 heavy (non-hydrogen) atoms. The summed E-state index contributed by atoms with van der Waals surface area (Å²) in [6, 6.07) is 7.93. The molecule has 2 aliphatic rings. The smallest absolute Gasteiger partial charge is 0.134 e. The average Bonchev–Trinajstić information content (AvgIpc) is 2.61. The highest BCUT2D eigenvalue weighted by atomic mass is 15.3. The molecule has 3 rings (SSSR count). The van der Waals surface area contributed by atoms with Crippen molar-refractivity contribution >= 4 is 10.8 Å². The number of benzene rings is 1. The number of hydrogen-bond donors (Lipinski definition) is 0. The lowest BCUT2D eigenvalue weighted by Gasteiger charge is -1.91. The zero-order valence-electron chi connectivity index (χ0n) is 7.25. The highest BCUT2D eigenvalue weighted by molar-refractivity contribution is 5.92. The van der Waals surface area contributed by atoms with E-state index in [-0.39, 0.29) is 0 Å². The van der Waals surface area contributed by atoms with Gasteiger partial charge in [-0.05, 0) is 5.21 Å². The van der Waals surface area contributed by atoms with Crippen LogP contribution in [0.2, 0.25) is 0 Å². The lowest BCUT2D eigenvalue weighted by molar-refractivity contribution is 0.952. The summed E-state index contributed by atoms with van der Waals surface area (Å²) >= 11 is 0. The SMILES string of the molecule is c1ccc2c3nnnc-3cncc2c1. The van der Waals surface area contributed by atoms with Crippen LogP contribution in [0, 0.1) is 0 Å². The number of aromatic nitrogens is 4. The standard InChI is InChI=1S/C10H6N4/c1-2-4-8-7(3-1)5-11-6-9-10(8)13-14-12-9/h1-6H. The maximum absolute atomic E-state index is 4.13. The van der Waals surface area contributed by atoms with E-state index in [1.807, 2.05) is 24.3 Å². The highest BCUT2D eigenvalue weighted by Crippen LogP contribution is 2.23. The normalized spacial score (nSPS) is 10.9. The van der Waals surface area contributed by atoms with Gasteiger partial charge in [-0.25, -0.2) is 0 Å². The Bertz CT molecular complexity index is 564. The lowest BCUT2D eigenvalue weighted by Crippen LogP contribution is -1.75. The highest BCUT2D eigenvalue weighted by Gasteiger charge is 2.09. The van der Waals surface area contributed by atoms with Crippen LogP contribution in [-0.4, -0.2) is 20.4 Å². The number of hydrogen-bond acceptors (Lipinski definition) is 4. The average molecular weight is 182 g/mol. The van der Waals surface area contributed by atoms with E-state index in [9.17, 15) is 0 Å². The van der Waals surface area contributed by atoms with Crippen LogP contribution in [0.4, 0.5) is 0 Å². The molecule has 0 amide bonds. The summed E-state index contributed by atoms with van der Waals surface area (Å²) in [6.07, 6.45) is 3.48. The second-order valence-electron chi connectivity index (χ2n) is 3.02. The second kappa shape index (κ2) is 2.70. The summed E-state index contributed by atoms with van der Waals surface area (Å²) in [4.78, 5) is 4.13. The van der Waals surface area contributed by atoms with E-state index in [1.165, 1.54) is 0 Å². The van der Waals surface area contributed by atoms with Crippen molar-refractivity contribution in [2.24, 2.45) is 0 Å². The summed E-state index contributed by atoms with van der Waals surface area (Å²) in [7, 11) is 0. The molecule has 0 saturated carbocycles. The van der Waals surface area contributed by atoms with Gasteiger partial charge in [0, 0.05) is 17.0 Å². The molecule has 0 spiro atoms. The monoisotopic (exact) mass is 182 g/mol. The maximum atomic E-state index is 4.13. The van der Waals surface area contributed by atoms with E-state index in [0.717, 1.165) is 22.2 Å². The Hall–Kier alpha value is -2.10. The zero-order valence-corrected chi connectivity index (χ0v) is 7.25. The molecule has 2 aliphatic heterocycles. The molecule has 0 fully saturated rings. The Morgan fingerprint density at radius 2 is 1.86 bits per heavy atom. The van der Waals surface area contributed by atoms with Crippen molar-refractivity contribution in [1.29, 1.82) is 0 Å². The Kier molecular flexibility index (Phi) is 1.41. The summed E-state index contributed by atoms with van der Waals surface area (Å²) in [5, 5.41) is 13.6. The number of rotatable bonds is 0. The van der Waals surface area contributed by atoms with Gasteiger partial charge < -0.3 is 0 Å². The molecule has 4 heteroatoms. The molecule has 4 nitrogen and oxygen atoms in total. The van der Waals surface area contributed by atoms with Crippen LogP contribution in [0.25, 0.3) is 22.2 Å². The quantitative estimate of drug-likeness (QED) is 0.529. The Morgan fingerprint density at radius 3 is 2.86 bits per heavy atom. The molecule has 0 N–H and O–H groups in total. The predicted octanol–water partition coefficient (Wildman–Crippen LogP) is 1.52.